The van der Waals surface area contributed by atoms with Crippen molar-refractivity contribution in [1.29, 1.82) is 5.26 Å². The van der Waals surface area contributed by atoms with Crippen molar-refractivity contribution in [3.05, 3.63) is 16.1 Å². The number of aromatic nitrogens is 1. The number of rotatable bonds is 5. The van der Waals surface area contributed by atoms with E-state index in [1.54, 1.807) is 11.3 Å². The Hall–Kier alpha value is -0.710. The lowest BCUT2D eigenvalue weighted by Gasteiger charge is -1.99. The van der Waals surface area contributed by atoms with Crippen molar-refractivity contribution in [1.82, 2.24) is 10.3 Å². The quantitative estimate of drug-likeness (QED) is 0.296. The number of hydrogen-bond donors (Lipinski definition) is 1. The molecule has 0 aliphatic carbocycles. The standard InChI is InChI=1S/C10H14N4S3/c1-8-5-17-9(14-8)6-16-4-3-12-10(15-2)13-7-11/h5H,3-4,6H2,1-2H3,(H,12,13). The number of nitrogens with zero attached hydrogens (tertiary/aromatic N) is 3. The molecule has 0 aromatic carbocycles. The Bertz CT molecular complexity index is 408. The molecule has 0 saturated heterocycles. The van der Waals surface area contributed by atoms with E-state index in [1.807, 2.05) is 31.1 Å². The van der Waals surface area contributed by atoms with Crippen LogP contribution in [-0.2, 0) is 5.75 Å². The Morgan fingerprint density at radius 1 is 1.71 bits per heavy atom. The highest BCUT2D eigenvalue weighted by Crippen LogP contribution is 2.16. The molecule has 0 spiro atoms. The van der Waals surface area contributed by atoms with Crippen LogP contribution in [0.25, 0.3) is 0 Å². The average molecular weight is 286 g/mol. The fourth-order valence-electron chi connectivity index (χ4n) is 1.04. The monoisotopic (exact) mass is 286 g/mol. The van der Waals surface area contributed by atoms with Crippen molar-refractivity contribution in [2.75, 3.05) is 18.6 Å². The number of amidine groups is 1. The second kappa shape index (κ2) is 8.39. The van der Waals surface area contributed by atoms with Crippen LogP contribution in [0.15, 0.2) is 10.4 Å². The molecule has 0 fully saturated rings. The highest BCUT2D eigenvalue weighted by molar-refractivity contribution is 8.13. The number of hydrogen-bond acceptors (Lipinski definition) is 6. The maximum Gasteiger partial charge on any atom is 0.183 e. The fourth-order valence-corrected chi connectivity index (χ4v) is 3.09. The maximum atomic E-state index is 8.45. The van der Waals surface area contributed by atoms with E-state index < -0.39 is 0 Å². The summed E-state index contributed by atoms with van der Waals surface area (Å²) in [6.07, 6.45) is 3.77. The molecule has 92 valence electrons. The Morgan fingerprint density at radius 2 is 2.53 bits per heavy atom. The Kier molecular flexibility index (Phi) is 7.08. The summed E-state index contributed by atoms with van der Waals surface area (Å²) in [6.45, 7) is 2.73. The number of nitriles is 1. The van der Waals surface area contributed by atoms with Gasteiger partial charge in [0.2, 0.25) is 0 Å². The molecule has 1 aromatic rings. The van der Waals surface area contributed by atoms with E-state index in [-0.39, 0.29) is 0 Å². The van der Waals surface area contributed by atoms with E-state index >= 15 is 0 Å². The molecule has 0 bridgehead atoms. The second-order valence-electron chi connectivity index (χ2n) is 3.06. The lowest BCUT2D eigenvalue weighted by molar-refractivity contribution is 1.12. The Labute approximate surface area is 114 Å². The van der Waals surface area contributed by atoms with Gasteiger partial charge in [-0.15, -0.1) is 11.3 Å². The third-order valence-corrected chi connectivity index (χ3v) is 4.46. The normalized spacial score (nSPS) is 11.2. The number of nitrogens with one attached hydrogen (secondary N) is 1. The lowest BCUT2D eigenvalue weighted by Crippen LogP contribution is -2.13. The van der Waals surface area contributed by atoms with E-state index in [0.717, 1.165) is 28.8 Å². The highest BCUT2D eigenvalue weighted by atomic mass is 32.2. The van der Waals surface area contributed by atoms with Crippen LogP contribution in [-0.4, -0.2) is 28.7 Å². The topological polar surface area (TPSA) is 61.1 Å². The molecule has 1 heterocycles. The zero-order chi connectivity index (χ0) is 12.5. The van der Waals surface area contributed by atoms with Gasteiger partial charge in [-0.25, -0.2) is 4.98 Å². The highest BCUT2D eigenvalue weighted by Gasteiger charge is 1.98. The maximum absolute atomic E-state index is 8.45. The molecule has 0 atom stereocenters. The third-order valence-electron chi connectivity index (χ3n) is 1.74. The smallest absolute Gasteiger partial charge is 0.183 e. The first-order valence-electron chi connectivity index (χ1n) is 4.98. The van der Waals surface area contributed by atoms with E-state index in [1.165, 1.54) is 11.8 Å². The molecule has 0 aliphatic rings. The van der Waals surface area contributed by atoms with Gasteiger partial charge in [0.25, 0.3) is 0 Å². The summed E-state index contributed by atoms with van der Waals surface area (Å²) in [5.41, 5.74) is 1.09. The summed E-state index contributed by atoms with van der Waals surface area (Å²) < 4.78 is 0. The minimum Gasteiger partial charge on any atom is -0.272 e. The minimum absolute atomic E-state index is 0.679. The molecule has 0 unspecified atom stereocenters. The van der Waals surface area contributed by atoms with Crippen LogP contribution in [0.1, 0.15) is 10.7 Å². The van der Waals surface area contributed by atoms with Gasteiger partial charge in [-0.3, -0.25) is 10.3 Å². The van der Waals surface area contributed by atoms with Crippen molar-refractivity contribution in [3.63, 3.8) is 0 Å². The molecule has 4 nitrogen and oxygen atoms in total. The van der Waals surface area contributed by atoms with Gasteiger partial charge in [-0.2, -0.15) is 17.0 Å². The predicted octanol–water partition coefficient (Wildman–Crippen LogP) is 2.47. The lowest BCUT2D eigenvalue weighted by atomic mass is 10.6. The van der Waals surface area contributed by atoms with Gasteiger partial charge in [0, 0.05) is 22.6 Å². The number of aryl methyl sites for hydroxylation is 1. The summed E-state index contributed by atoms with van der Waals surface area (Å²) >= 11 is 4.96. The average Bonchev–Trinajstić information content (AvgIpc) is 2.73. The fraction of sp³-hybridized carbons (Fsp3) is 0.500. The molecule has 0 amide bonds. The van der Waals surface area contributed by atoms with E-state index in [4.69, 9.17) is 5.26 Å². The first-order chi connectivity index (χ1) is 8.26. The summed E-state index contributed by atoms with van der Waals surface area (Å²) in [7, 11) is 0. The van der Waals surface area contributed by atoms with Crippen LogP contribution in [0.3, 0.4) is 0 Å². The largest absolute Gasteiger partial charge is 0.272 e. The SMILES string of the molecule is CSC(=NCCSCc1nc(C)cs1)NC#N. The molecule has 7 heteroatoms. The van der Waals surface area contributed by atoms with Crippen LogP contribution in [0.5, 0.6) is 0 Å². The van der Waals surface area contributed by atoms with Crippen LogP contribution in [0.4, 0.5) is 0 Å². The number of thioether (sulfide) groups is 2. The van der Waals surface area contributed by atoms with Gasteiger partial charge in [-0.05, 0) is 13.2 Å². The van der Waals surface area contributed by atoms with Crippen molar-refractivity contribution < 1.29 is 0 Å². The van der Waals surface area contributed by atoms with Crippen molar-refractivity contribution in [3.8, 4) is 6.19 Å². The van der Waals surface area contributed by atoms with Crippen LogP contribution in [0.2, 0.25) is 0 Å². The molecule has 1 aromatic heterocycles. The van der Waals surface area contributed by atoms with Gasteiger partial charge in [-0.1, -0.05) is 11.8 Å². The first-order valence-corrected chi connectivity index (χ1v) is 8.24. The van der Waals surface area contributed by atoms with Crippen molar-refractivity contribution >= 4 is 40.0 Å². The molecule has 17 heavy (non-hydrogen) atoms. The third kappa shape index (κ3) is 5.96. The van der Waals surface area contributed by atoms with Crippen LogP contribution >= 0.6 is 34.9 Å². The molecule has 0 radical (unpaired) electrons. The molecule has 0 saturated carbocycles. The Balaban J connectivity index is 2.18. The minimum atomic E-state index is 0.679. The van der Waals surface area contributed by atoms with Crippen molar-refractivity contribution in [2.45, 2.75) is 12.7 Å². The molecule has 1 rings (SSSR count). The zero-order valence-electron chi connectivity index (χ0n) is 9.77. The Morgan fingerprint density at radius 3 is 3.12 bits per heavy atom. The molecular weight excluding hydrogens is 272 g/mol. The van der Waals surface area contributed by atoms with Crippen LogP contribution < -0.4 is 5.32 Å². The van der Waals surface area contributed by atoms with Crippen molar-refractivity contribution in [2.24, 2.45) is 4.99 Å². The number of aliphatic imine (C=N–C) groups is 1. The summed E-state index contributed by atoms with van der Waals surface area (Å²) in [6, 6.07) is 0. The van der Waals surface area contributed by atoms with Crippen LogP contribution in [0, 0.1) is 18.4 Å². The summed E-state index contributed by atoms with van der Waals surface area (Å²) in [4.78, 5) is 8.67. The van der Waals surface area contributed by atoms with E-state index in [0.29, 0.717) is 5.17 Å². The number of thiazole rings is 1. The summed E-state index contributed by atoms with van der Waals surface area (Å²) in [5.74, 6) is 1.88. The zero-order valence-corrected chi connectivity index (χ0v) is 12.2. The summed E-state index contributed by atoms with van der Waals surface area (Å²) in [5, 5.41) is 14.9. The van der Waals surface area contributed by atoms with E-state index in [9.17, 15) is 0 Å². The van der Waals surface area contributed by atoms with Gasteiger partial charge >= 0.3 is 0 Å². The van der Waals surface area contributed by atoms with Gasteiger partial charge < -0.3 is 0 Å². The molecule has 0 aliphatic heterocycles. The first kappa shape index (κ1) is 14.4. The molecule has 1 N–H and O–H groups in total. The van der Waals surface area contributed by atoms with Gasteiger partial charge in [0.05, 0.1) is 6.54 Å². The second-order valence-corrected chi connectivity index (χ2v) is 5.91. The van der Waals surface area contributed by atoms with E-state index in [2.05, 4.69) is 20.7 Å². The molecular formula is C10H14N4S3. The predicted molar refractivity (Wildman–Crippen MR) is 77.6 cm³/mol. The van der Waals surface area contributed by atoms with Gasteiger partial charge in [0.15, 0.2) is 11.4 Å². The van der Waals surface area contributed by atoms with Gasteiger partial charge in [0.1, 0.15) is 5.01 Å².